The van der Waals surface area contributed by atoms with Gasteiger partial charge in [0.1, 0.15) is 0 Å². The van der Waals surface area contributed by atoms with Gasteiger partial charge in [-0.05, 0) is 0 Å². The van der Waals surface area contributed by atoms with E-state index in [-0.39, 0.29) is 17.7 Å². The summed E-state index contributed by atoms with van der Waals surface area (Å²) < 4.78 is 0. The number of nitrogens with zero attached hydrogens (tertiary/aromatic N) is 4. The van der Waals surface area contributed by atoms with E-state index in [4.69, 9.17) is 0 Å². The van der Waals surface area contributed by atoms with E-state index in [1.165, 1.54) is 0 Å². The molecule has 0 N–H and O–H groups in total. The van der Waals surface area contributed by atoms with Crippen LogP contribution in [0.15, 0.2) is 10.9 Å². The zero-order chi connectivity index (χ0) is 15.4. The minimum absolute atomic E-state index is 0.0297. The average Bonchev–Trinajstić information content (AvgIpc) is 2.83. The number of amides is 2. The van der Waals surface area contributed by atoms with Crippen LogP contribution in [-0.4, -0.2) is 71.8 Å². The van der Waals surface area contributed by atoms with E-state index in [0.29, 0.717) is 19.6 Å². The molecule has 7 heteroatoms. The topological polar surface area (TPSA) is 56.8 Å². The normalized spacial score (nSPS) is 20.1. The number of carbonyl (C=O) groups excluding carboxylic acids is 2. The van der Waals surface area contributed by atoms with Crippen LogP contribution in [0.1, 0.15) is 12.6 Å². The highest BCUT2D eigenvalue weighted by atomic mass is 32.1. The lowest BCUT2D eigenvalue weighted by molar-refractivity contribution is -0.135. The molecule has 116 valence electrons. The molecule has 0 spiro atoms. The van der Waals surface area contributed by atoms with Gasteiger partial charge < -0.3 is 9.80 Å². The zero-order valence-corrected chi connectivity index (χ0v) is 13.6. The van der Waals surface area contributed by atoms with Gasteiger partial charge in [0.15, 0.2) is 0 Å². The maximum absolute atomic E-state index is 12.3. The fourth-order valence-corrected chi connectivity index (χ4v) is 3.13. The van der Waals surface area contributed by atoms with Crippen LogP contribution < -0.4 is 0 Å². The smallest absolute Gasteiger partial charge is 0.228 e. The van der Waals surface area contributed by atoms with E-state index in [2.05, 4.69) is 9.88 Å². The Bertz CT molecular complexity index is 489. The lowest BCUT2D eigenvalue weighted by Gasteiger charge is -2.25. The number of hydrogen-bond donors (Lipinski definition) is 0. The Morgan fingerprint density at radius 2 is 2.14 bits per heavy atom. The molecule has 1 aliphatic rings. The Balaban J connectivity index is 2.10. The molecular weight excluding hydrogens is 288 g/mol. The highest BCUT2D eigenvalue weighted by Crippen LogP contribution is 2.15. The van der Waals surface area contributed by atoms with Gasteiger partial charge in [-0.25, -0.2) is 4.98 Å². The first-order valence-electron chi connectivity index (χ1n) is 7.03. The van der Waals surface area contributed by atoms with Crippen LogP contribution in [-0.2, 0) is 16.1 Å². The minimum atomic E-state index is -0.176. The molecule has 0 aromatic carbocycles. The molecular formula is C14H22N4O2S. The van der Waals surface area contributed by atoms with E-state index in [1.807, 2.05) is 10.9 Å². The van der Waals surface area contributed by atoms with Crippen molar-refractivity contribution >= 4 is 23.2 Å². The van der Waals surface area contributed by atoms with Crippen LogP contribution in [0.5, 0.6) is 0 Å². The van der Waals surface area contributed by atoms with Crippen LogP contribution in [0.25, 0.3) is 0 Å². The quantitative estimate of drug-likeness (QED) is 0.816. The standard InChI is InChI=1S/C14H22N4O2S/c1-11(19)18-5-4-17(8-13-9-21-10-15-13)6-12(7-18)14(20)16(2)3/h9-10,12H,4-8H2,1-3H3/t12-/m0/s1. The highest BCUT2D eigenvalue weighted by Gasteiger charge is 2.30. The number of thiazole rings is 1. The molecule has 1 fully saturated rings. The van der Waals surface area contributed by atoms with Crippen molar-refractivity contribution in [3.05, 3.63) is 16.6 Å². The third-order valence-electron chi connectivity index (χ3n) is 3.71. The average molecular weight is 310 g/mol. The number of hydrogen-bond acceptors (Lipinski definition) is 5. The fraction of sp³-hybridized carbons (Fsp3) is 0.643. The summed E-state index contributed by atoms with van der Waals surface area (Å²) in [6.07, 6.45) is 0. The predicted octanol–water partition coefficient (Wildman–Crippen LogP) is 0.512. The lowest BCUT2D eigenvalue weighted by Crippen LogP contribution is -2.41. The van der Waals surface area contributed by atoms with Crippen molar-refractivity contribution in [1.29, 1.82) is 0 Å². The van der Waals surface area contributed by atoms with Gasteiger partial charge in [-0.15, -0.1) is 11.3 Å². The van der Waals surface area contributed by atoms with E-state index >= 15 is 0 Å². The molecule has 6 nitrogen and oxygen atoms in total. The second-order valence-corrected chi connectivity index (χ2v) is 6.33. The molecule has 0 bridgehead atoms. The second kappa shape index (κ2) is 7.00. The molecule has 0 unspecified atom stereocenters. The molecule has 1 aromatic heterocycles. The van der Waals surface area contributed by atoms with Crippen molar-refractivity contribution in [3.8, 4) is 0 Å². The summed E-state index contributed by atoms with van der Waals surface area (Å²) in [5.41, 5.74) is 2.84. The zero-order valence-electron chi connectivity index (χ0n) is 12.8. The summed E-state index contributed by atoms with van der Waals surface area (Å²) in [4.78, 5) is 33.9. The predicted molar refractivity (Wildman–Crippen MR) is 81.8 cm³/mol. The summed E-state index contributed by atoms with van der Waals surface area (Å²) in [6.45, 7) is 4.89. The van der Waals surface area contributed by atoms with Crippen molar-refractivity contribution in [2.75, 3.05) is 40.3 Å². The molecule has 21 heavy (non-hydrogen) atoms. The monoisotopic (exact) mass is 310 g/mol. The van der Waals surface area contributed by atoms with Gasteiger partial charge in [0.05, 0.1) is 17.1 Å². The Morgan fingerprint density at radius 3 is 2.71 bits per heavy atom. The van der Waals surface area contributed by atoms with Gasteiger partial charge in [-0.3, -0.25) is 14.5 Å². The van der Waals surface area contributed by atoms with E-state index in [9.17, 15) is 9.59 Å². The van der Waals surface area contributed by atoms with Gasteiger partial charge in [0, 0.05) is 59.1 Å². The molecule has 0 saturated carbocycles. The molecule has 0 radical (unpaired) electrons. The van der Waals surface area contributed by atoms with Crippen LogP contribution in [0.3, 0.4) is 0 Å². The second-order valence-electron chi connectivity index (χ2n) is 5.61. The van der Waals surface area contributed by atoms with Gasteiger partial charge in [-0.1, -0.05) is 0 Å². The van der Waals surface area contributed by atoms with E-state index < -0.39 is 0 Å². The number of rotatable bonds is 3. The summed E-state index contributed by atoms with van der Waals surface area (Å²) in [7, 11) is 3.52. The first kappa shape index (κ1) is 15.9. The van der Waals surface area contributed by atoms with Crippen LogP contribution in [0, 0.1) is 5.92 Å². The first-order valence-corrected chi connectivity index (χ1v) is 7.97. The molecule has 1 aromatic rings. The fourth-order valence-electron chi connectivity index (χ4n) is 2.58. The van der Waals surface area contributed by atoms with Gasteiger partial charge in [0.2, 0.25) is 11.8 Å². The highest BCUT2D eigenvalue weighted by molar-refractivity contribution is 7.07. The molecule has 1 aliphatic heterocycles. The third-order valence-corrected chi connectivity index (χ3v) is 4.35. The summed E-state index contributed by atoms with van der Waals surface area (Å²) in [6, 6.07) is 0. The number of carbonyl (C=O) groups is 2. The van der Waals surface area contributed by atoms with Gasteiger partial charge in [-0.2, -0.15) is 0 Å². The van der Waals surface area contributed by atoms with Crippen molar-refractivity contribution in [2.45, 2.75) is 13.5 Å². The van der Waals surface area contributed by atoms with Crippen molar-refractivity contribution in [1.82, 2.24) is 19.7 Å². The van der Waals surface area contributed by atoms with Crippen LogP contribution >= 0.6 is 11.3 Å². The van der Waals surface area contributed by atoms with Gasteiger partial charge >= 0.3 is 0 Å². The van der Waals surface area contributed by atoms with Crippen LogP contribution in [0.2, 0.25) is 0 Å². The van der Waals surface area contributed by atoms with Crippen molar-refractivity contribution < 1.29 is 9.59 Å². The summed E-state index contributed by atoms with van der Waals surface area (Å²) in [5, 5.41) is 2.02. The largest absolute Gasteiger partial charge is 0.348 e. The Hall–Kier alpha value is -1.47. The van der Waals surface area contributed by atoms with Gasteiger partial charge in [0.25, 0.3) is 0 Å². The summed E-state index contributed by atoms with van der Waals surface area (Å²) in [5.74, 6) is -0.0708. The molecule has 1 saturated heterocycles. The number of aromatic nitrogens is 1. The van der Waals surface area contributed by atoms with E-state index in [0.717, 1.165) is 18.8 Å². The molecule has 0 aliphatic carbocycles. The SMILES string of the molecule is CC(=O)N1CCN(Cc2cscn2)C[C@H](C(=O)N(C)C)C1. The molecule has 2 amide bonds. The van der Waals surface area contributed by atoms with Crippen LogP contribution in [0.4, 0.5) is 0 Å². The Labute approximate surface area is 129 Å². The minimum Gasteiger partial charge on any atom is -0.348 e. The molecule has 2 rings (SSSR count). The van der Waals surface area contributed by atoms with Crippen molar-refractivity contribution in [2.24, 2.45) is 5.92 Å². The third kappa shape index (κ3) is 4.25. The van der Waals surface area contributed by atoms with E-state index in [1.54, 1.807) is 42.2 Å². The Morgan fingerprint density at radius 1 is 1.38 bits per heavy atom. The first-order chi connectivity index (χ1) is 9.97. The lowest BCUT2D eigenvalue weighted by atomic mass is 10.1. The van der Waals surface area contributed by atoms with Crippen molar-refractivity contribution in [3.63, 3.8) is 0 Å². The maximum atomic E-state index is 12.3. The molecule has 1 atom stereocenters. The molecule has 2 heterocycles. The Kier molecular flexibility index (Phi) is 5.30. The summed E-state index contributed by atoms with van der Waals surface area (Å²) >= 11 is 1.57. The maximum Gasteiger partial charge on any atom is 0.228 e.